The van der Waals surface area contributed by atoms with E-state index in [1.54, 1.807) is 13.8 Å². The number of ether oxygens (including phenoxy) is 3. The van der Waals surface area contributed by atoms with Gasteiger partial charge >= 0.3 is 17.6 Å². The number of nitro groups is 1. The number of esters is 2. The number of para-hydroxylation sites is 2. The number of hydrogen-bond donors (Lipinski definition) is 0. The second-order valence-corrected chi connectivity index (χ2v) is 3.81. The van der Waals surface area contributed by atoms with E-state index in [9.17, 15) is 19.7 Å². The molecule has 0 bridgehead atoms. The van der Waals surface area contributed by atoms with E-state index in [2.05, 4.69) is 4.74 Å². The zero-order valence-corrected chi connectivity index (χ0v) is 12.1. The third-order valence-electron chi connectivity index (χ3n) is 2.29. The Labute approximate surface area is 126 Å². The third-order valence-corrected chi connectivity index (χ3v) is 2.29. The molecule has 0 amide bonds. The highest BCUT2D eigenvalue weighted by Crippen LogP contribution is 2.27. The van der Waals surface area contributed by atoms with Crippen molar-refractivity contribution in [3.8, 4) is 5.75 Å². The van der Waals surface area contributed by atoms with E-state index in [0.717, 1.165) is 6.08 Å². The molecule has 1 aromatic rings. The van der Waals surface area contributed by atoms with Gasteiger partial charge in [0.2, 0.25) is 11.5 Å². The monoisotopic (exact) mass is 309 g/mol. The lowest BCUT2D eigenvalue weighted by molar-refractivity contribution is -0.385. The van der Waals surface area contributed by atoms with Gasteiger partial charge in [0, 0.05) is 6.07 Å². The molecule has 0 atom stereocenters. The molecule has 0 saturated carbocycles. The van der Waals surface area contributed by atoms with Crippen LogP contribution in [0.3, 0.4) is 0 Å². The van der Waals surface area contributed by atoms with Gasteiger partial charge in [0.1, 0.15) is 0 Å². The lowest BCUT2D eigenvalue weighted by Gasteiger charge is -2.09. The molecule has 1 aromatic carbocycles. The maximum Gasteiger partial charge on any atom is 0.374 e. The molecular weight excluding hydrogens is 294 g/mol. The molecule has 22 heavy (non-hydrogen) atoms. The van der Waals surface area contributed by atoms with Crippen molar-refractivity contribution in [2.24, 2.45) is 0 Å². The summed E-state index contributed by atoms with van der Waals surface area (Å²) in [6, 6.07) is 5.46. The Kier molecular flexibility index (Phi) is 6.55. The van der Waals surface area contributed by atoms with Crippen molar-refractivity contribution in [2.75, 3.05) is 13.2 Å². The quantitative estimate of drug-likeness (QED) is 0.249. The molecule has 0 fully saturated rings. The molecule has 1 rings (SSSR count). The molecule has 0 aromatic heterocycles. The molecule has 0 aliphatic heterocycles. The Bertz CT molecular complexity index is 595. The van der Waals surface area contributed by atoms with Crippen LogP contribution in [0.5, 0.6) is 5.75 Å². The van der Waals surface area contributed by atoms with Gasteiger partial charge in [0.25, 0.3) is 0 Å². The smallest absolute Gasteiger partial charge is 0.374 e. The fraction of sp³-hybridized carbons (Fsp3) is 0.286. The summed E-state index contributed by atoms with van der Waals surface area (Å²) in [6.45, 7) is 3.33. The SMILES string of the molecule is CCOC(=O)/C=C(/Oc1ccccc1[N+](=O)[O-])C(=O)OCC. The van der Waals surface area contributed by atoms with Gasteiger partial charge in [-0.15, -0.1) is 0 Å². The lowest BCUT2D eigenvalue weighted by atomic mass is 10.3. The van der Waals surface area contributed by atoms with Crippen LogP contribution < -0.4 is 4.74 Å². The van der Waals surface area contributed by atoms with Crippen LogP contribution in [-0.4, -0.2) is 30.1 Å². The zero-order valence-electron chi connectivity index (χ0n) is 12.1. The van der Waals surface area contributed by atoms with Crippen molar-refractivity contribution >= 4 is 17.6 Å². The first-order valence-electron chi connectivity index (χ1n) is 6.46. The molecule has 0 saturated heterocycles. The minimum Gasteiger partial charge on any atom is -0.463 e. The van der Waals surface area contributed by atoms with Gasteiger partial charge in [0.05, 0.1) is 24.2 Å². The Morgan fingerprint density at radius 3 is 2.41 bits per heavy atom. The first-order chi connectivity index (χ1) is 10.5. The predicted molar refractivity (Wildman–Crippen MR) is 75.1 cm³/mol. The largest absolute Gasteiger partial charge is 0.463 e. The summed E-state index contributed by atoms with van der Waals surface area (Å²) in [5.41, 5.74) is -0.346. The highest BCUT2D eigenvalue weighted by Gasteiger charge is 2.21. The van der Waals surface area contributed by atoms with Gasteiger partial charge in [-0.2, -0.15) is 0 Å². The van der Waals surface area contributed by atoms with E-state index in [1.807, 2.05) is 0 Å². The van der Waals surface area contributed by atoms with Gasteiger partial charge in [-0.05, 0) is 19.9 Å². The van der Waals surface area contributed by atoms with Crippen LogP contribution in [0.25, 0.3) is 0 Å². The minimum absolute atomic E-state index is 0.0548. The number of nitro benzene ring substituents is 1. The molecule has 8 nitrogen and oxygen atoms in total. The average molecular weight is 309 g/mol. The zero-order chi connectivity index (χ0) is 16.5. The Morgan fingerprint density at radius 2 is 1.82 bits per heavy atom. The highest BCUT2D eigenvalue weighted by molar-refractivity contribution is 5.95. The minimum atomic E-state index is -0.922. The number of benzene rings is 1. The fourth-order valence-corrected chi connectivity index (χ4v) is 1.44. The summed E-state index contributed by atoms with van der Waals surface area (Å²) < 4.78 is 14.6. The summed E-state index contributed by atoms with van der Waals surface area (Å²) in [5.74, 6) is -2.41. The third kappa shape index (κ3) is 4.89. The molecule has 0 heterocycles. The molecule has 0 spiro atoms. The van der Waals surface area contributed by atoms with Crippen LogP contribution >= 0.6 is 0 Å². The Hall–Kier alpha value is -2.90. The van der Waals surface area contributed by atoms with Crippen molar-refractivity contribution in [3.05, 3.63) is 46.2 Å². The van der Waals surface area contributed by atoms with E-state index in [4.69, 9.17) is 9.47 Å². The predicted octanol–water partition coefficient (Wildman–Crippen LogP) is 1.98. The van der Waals surface area contributed by atoms with E-state index in [0.29, 0.717) is 0 Å². The molecule has 8 heteroatoms. The van der Waals surface area contributed by atoms with E-state index >= 15 is 0 Å². The average Bonchev–Trinajstić information content (AvgIpc) is 2.47. The number of rotatable bonds is 7. The second kappa shape index (κ2) is 8.40. The van der Waals surface area contributed by atoms with Gasteiger partial charge in [-0.1, -0.05) is 12.1 Å². The molecule has 0 N–H and O–H groups in total. The van der Waals surface area contributed by atoms with Crippen LogP contribution in [0.15, 0.2) is 36.1 Å². The molecule has 0 aliphatic carbocycles. The van der Waals surface area contributed by atoms with Crippen molar-refractivity contribution < 1.29 is 28.7 Å². The van der Waals surface area contributed by atoms with Gasteiger partial charge in [-0.25, -0.2) is 9.59 Å². The molecular formula is C14H15NO7. The van der Waals surface area contributed by atoms with E-state index in [-0.39, 0.29) is 24.7 Å². The van der Waals surface area contributed by atoms with Crippen LogP contribution in [-0.2, 0) is 19.1 Å². The van der Waals surface area contributed by atoms with E-state index in [1.165, 1.54) is 24.3 Å². The Balaban J connectivity index is 3.11. The first-order valence-corrected chi connectivity index (χ1v) is 6.46. The van der Waals surface area contributed by atoms with Gasteiger partial charge in [-0.3, -0.25) is 10.1 Å². The van der Waals surface area contributed by atoms with Crippen LogP contribution in [0, 0.1) is 10.1 Å². The number of nitrogens with zero attached hydrogens (tertiary/aromatic N) is 1. The summed E-state index contributed by atoms with van der Waals surface area (Å²) >= 11 is 0. The van der Waals surface area contributed by atoms with Crippen LogP contribution in [0.2, 0.25) is 0 Å². The van der Waals surface area contributed by atoms with Gasteiger partial charge < -0.3 is 14.2 Å². The molecule has 0 aliphatic rings. The van der Waals surface area contributed by atoms with Crippen LogP contribution in [0.1, 0.15) is 13.8 Å². The van der Waals surface area contributed by atoms with E-state index < -0.39 is 22.6 Å². The number of carbonyl (C=O) groups is 2. The summed E-state index contributed by atoms with van der Waals surface area (Å²) in [5, 5.41) is 10.9. The molecule has 0 radical (unpaired) electrons. The standard InChI is InChI=1S/C14H15NO7/c1-3-20-13(16)9-12(14(17)21-4-2)22-11-8-6-5-7-10(11)15(18)19/h5-9H,3-4H2,1-2H3/b12-9+. The van der Waals surface area contributed by atoms with Crippen molar-refractivity contribution in [1.29, 1.82) is 0 Å². The van der Waals surface area contributed by atoms with Crippen molar-refractivity contribution in [1.82, 2.24) is 0 Å². The number of carbonyl (C=O) groups excluding carboxylic acids is 2. The fourth-order valence-electron chi connectivity index (χ4n) is 1.44. The van der Waals surface area contributed by atoms with Crippen molar-refractivity contribution in [3.63, 3.8) is 0 Å². The maximum absolute atomic E-state index is 11.8. The normalized spacial score (nSPS) is 10.7. The van der Waals surface area contributed by atoms with Gasteiger partial charge in [0.15, 0.2) is 0 Å². The lowest BCUT2D eigenvalue weighted by Crippen LogP contribution is -2.16. The molecule has 0 unspecified atom stereocenters. The summed E-state index contributed by atoms with van der Waals surface area (Å²) in [4.78, 5) is 33.5. The van der Waals surface area contributed by atoms with Crippen molar-refractivity contribution in [2.45, 2.75) is 13.8 Å². The topological polar surface area (TPSA) is 105 Å². The number of hydrogen-bond acceptors (Lipinski definition) is 7. The molecule has 118 valence electrons. The highest BCUT2D eigenvalue weighted by atomic mass is 16.6. The Morgan fingerprint density at radius 1 is 1.18 bits per heavy atom. The second-order valence-electron chi connectivity index (χ2n) is 3.81. The summed E-state index contributed by atoms with van der Waals surface area (Å²) in [6.07, 6.45) is 0.790. The van der Waals surface area contributed by atoms with Crippen LogP contribution in [0.4, 0.5) is 5.69 Å². The first kappa shape index (κ1) is 17.2. The summed E-state index contributed by atoms with van der Waals surface area (Å²) in [7, 11) is 0. The maximum atomic E-state index is 11.8.